The maximum Gasteiger partial charge on any atom is 0.327 e. The Morgan fingerprint density at radius 3 is 2.60 bits per heavy atom. The molecule has 0 aliphatic carbocycles. The molecule has 3 amide bonds. The van der Waals surface area contributed by atoms with Gasteiger partial charge >= 0.3 is 12.0 Å². The monoisotopic (exact) mass is 288 g/mol. The highest BCUT2D eigenvalue weighted by atomic mass is 16.4. The van der Waals surface area contributed by atoms with Crippen molar-refractivity contribution < 1.29 is 34.6 Å². The molecule has 2 aliphatic heterocycles. The average Bonchev–Trinajstić information content (AvgIpc) is 2.72. The number of quaternary nitrogens is 1. The summed E-state index contributed by atoms with van der Waals surface area (Å²) in [4.78, 5) is 34.9. The fourth-order valence-electron chi connectivity index (χ4n) is 2.79. The molecular weight excluding hydrogens is 270 g/mol. The zero-order valence-electron chi connectivity index (χ0n) is 10.7. The Morgan fingerprint density at radius 2 is 2.05 bits per heavy atom. The van der Waals surface area contributed by atoms with Crippen molar-refractivity contribution in [3.8, 4) is 0 Å². The number of carbonyl (C=O) groups is 3. The number of carboxylic acid groups (broad SMARTS) is 1. The number of aliphatic hydroxyl groups excluding tert-OH is 2. The topological polar surface area (TPSA) is 140 Å². The quantitative estimate of drug-likeness (QED) is 0.310. The van der Waals surface area contributed by atoms with Crippen molar-refractivity contribution in [1.29, 1.82) is 0 Å². The van der Waals surface area contributed by atoms with Crippen molar-refractivity contribution in [3.05, 3.63) is 0 Å². The summed E-state index contributed by atoms with van der Waals surface area (Å²) < 4.78 is 0. The lowest BCUT2D eigenvalue weighted by Gasteiger charge is -2.29. The third kappa shape index (κ3) is 2.89. The van der Waals surface area contributed by atoms with Crippen LogP contribution < -0.4 is 15.5 Å². The smallest absolute Gasteiger partial charge is 0.327 e. The summed E-state index contributed by atoms with van der Waals surface area (Å²) in [5.74, 6) is -3.06. The Kier molecular flexibility index (Phi) is 4.21. The second-order valence-electron chi connectivity index (χ2n) is 5.26. The third-order valence-corrected chi connectivity index (χ3v) is 3.86. The van der Waals surface area contributed by atoms with E-state index in [1.807, 2.05) is 5.32 Å². The average molecular weight is 288 g/mol. The van der Waals surface area contributed by atoms with Gasteiger partial charge in [-0.3, -0.25) is 10.1 Å². The Labute approximate surface area is 114 Å². The SMILES string of the molecule is O=C1NC(=O)C(C[NH+]2CC(O)[C@@H](CO)C2)C(C(=O)O)N1. The molecule has 0 radical (unpaired) electrons. The second-order valence-corrected chi connectivity index (χ2v) is 5.26. The molecule has 2 aliphatic rings. The van der Waals surface area contributed by atoms with E-state index in [4.69, 9.17) is 10.2 Å². The molecule has 2 heterocycles. The number of hydrogen-bond acceptors (Lipinski definition) is 5. The highest BCUT2D eigenvalue weighted by Crippen LogP contribution is 2.10. The van der Waals surface area contributed by atoms with E-state index in [9.17, 15) is 19.5 Å². The summed E-state index contributed by atoms with van der Waals surface area (Å²) in [7, 11) is 0. The van der Waals surface area contributed by atoms with Crippen molar-refractivity contribution in [1.82, 2.24) is 10.6 Å². The molecule has 9 heteroatoms. The van der Waals surface area contributed by atoms with Crippen molar-refractivity contribution >= 4 is 17.9 Å². The van der Waals surface area contributed by atoms with Crippen LogP contribution >= 0.6 is 0 Å². The molecule has 6 N–H and O–H groups in total. The Hall–Kier alpha value is -1.71. The van der Waals surface area contributed by atoms with Gasteiger partial charge in [0.1, 0.15) is 24.6 Å². The molecule has 0 aromatic rings. The van der Waals surface area contributed by atoms with Gasteiger partial charge in [-0.25, -0.2) is 9.59 Å². The summed E-state index contributed by atoms with van der Waals surface area (Å²) >= 11 is 0. The number of aliphatic carboxylic acids is 1. The number of carboxylic acids is 1. The lowest BCUT2D eigenvalue weighted by molar-refractivity contribution is -0.892. The maximum atomic E-state index is 11.8. The van der Waals surface area contributed by atoms with Crippen LogP contribution in [0.25, 0.3) is 0 Å². The Morgan fingerprint density at radius 1 is 1.35 bits per heavy atom. The number of nitrogens with one attached hydrogen (secondary N) is 3. The van der Waals surface area contributed by atoms with E-state index >= 15 is 0 Å². The minimum Gasteiger partial charge on any atom is -0.480 e. The lowest BCUT2D eigenvalue weighted by atomic mass is 9.96. The zero-order valence-corrected chi connectivity index (χ0v) is 10.7. The molecule has 2 rings (SSSR count). The molecule has 4 unspecified atom stereocenters. The van der Waals surface area contributed by atoms with Crippen LogP contribution in [0.2, 0.25) is 0 Å². The van der Waals surface area contributed by atoms with Gasteiger partial charge < -0.3 is 25.5 Å². The number of imide groups is 1. The largest absolute Gasteiger partial charge is 0.480 e. The van der Waals surface area contributed by atoms with Crippen LogP contribution in [-0.4, -0.2) is 71.6 Å². The highest BCUT2D eigenvalue weighted by Gasteiger charge is 2.44. The van der Waals surface area contributed by atoms with Gasteiger partial charge in [0.05, 0.1) is 25.6 Å². The van der Waals surface area contributed by atoms with Crippen LogP contribution in [0.15, 0.2) is 0 Å². The normalized spacial score (nSPS) is 37.4. The number of urea groups is 1. The summed E-state index contributed by atoms with van der Waals surface area (Å²) in [5, 5.41) is 32.1. The van der Waals surface area contributed by atoms with E-state index in [1.54, 1.807) is 0 Å². The van der Waals surface area contributed by atoms with Crippen LogP contribution in [0.3, 0.4) is 0 Å². The van der Waals surface area contributed by atoms with E-state index < -0.39 is 36.0 Å². The van der Waals surface area contributed by atoms with Gasteiger partial charge in [-0.2, -0.15) is 0 Å². The predicted octanol–water partition coefficient (Wildman–Crippen LogP) is -4.24. The zero-order chi connectivity index (χ0) is 14.9. The third-order valence-electron chi connectivity index (χ3n) is 3.86. The van der Waals surface area contributed by atoms with Crippen molar-refractivity contribution in [3.63, 3.8) is 0 Å². The molecule has 0 saturated carbocycles. The molecule has 9 nitrogen and oxygen atoms in total. The summed E-state index contributed by atoms with van der Waals surface area (Å²) in [6.07, 6.45) is -0.667. The van der Waals surface area contributed by atoms with Crippen molar-refractivity contribution in [2.24, 2.45) is 11.8 Å². The van der Waals surface area contributed by atoms with Crippen molar-refractivity contribution in [2.75, 3.05) is 26.2 Å². The van der Waals surface area contributed by atoms with E-state index in [0.29, 0.717) is 13.1 Å². The molecule has 2 saturated heterocycles. The number of hydrogen-bond donors (Lipinski definition) is 6. The fourth-order valence-corrected chi connectivity index (χ4v) is 2.79. The molecule has 0 aromatic carbocycles. The molecule has 20 heavy (non-hydrogen) atoms. The number of carbonyl (C=O) groups excluding carboxylic acids is 2. The van der Waals surface area contributed by atoms with Gasteiger partial charge in [-0.05, 0) is 0 Å². The first-order valence-electron chi connectivity index (χ1n) is 6.39. The lowest BCUT2D eigenvalue weighted by Crippen LogP contribution is -3.12. The maximum absolute atomic E-state index is 11.8. The molecule has 5 atom stereocenters. The van der Waals surface area contributed by atoms with E-state index in [-0.39, 0.29) is 19.1 Å². The highest BCUT2D eigenvalue weighted by molar-refractivity contribution is 6.02. The summed E-state index contributed by atoms with van der Waals surface area (Å²) in [5.41, 5.74) is 0. The van der Waals surface area contributed by atoms with E-state index in [1.165, 1.54) is 0 Å². The number of amides is 3. The van der Waals surface area contributed by atoms with Gasteiger partial charge in [-0.15, -0.1) is 0 Å². The van der Waals surface area contributed by atoms with Gasteiger partial charge in [0.25, 0.3) is 0 Å². The predicted molar refractivity (Wildman–Crippen MR) is 63.7 cm³/mol. The molecule has 2 fully saturated rings. The Balaban J connectivity index is 2.04. The van der Waals surface area contributed by atoms with Crippen LogP contribution in [0.1, 0.15) is 0 Å². The second kappa shape index (κ2) is 5.73. The van der Waals surface area contributed by atoms with Gasteiger partial charge in [0, 0.05) is 0 Å². The van der Waals surface area contributed by atoms with Gasteiger partial charge in [-0.1, -0.05) is 0 Å². The Bertz CT molecular complexity index is 428. The molecule has 112 valence electrons. The molecule has 0 spiro atoms. The summed E-state index contributed by atoms with van der Waals surface area (Å²) in [6, 6.07) is -2.09. The number of aliphatic hydroxyl groups is 2. The first kappa shape index (κ1) is 14.7. The minimum atomic E-state index is -1.27. The molecule has 0 bridgehead atoms. The van der Waals surface area contributed by atoms with E-state index in [2.05, 4.69) is 5.32 Å². The van der Waals surface area contributed by atoms with Crippen LogP contribution in [0, 0.1) is 11.8 Å². The molecular formula is C11H18N3O6+. The first-order chi connectivity index (χ1) is 9.42. The number of rotatable bonds is 4. The van der Waals surface area contributed by atoms with Gasteiger partial charge in [0.15, 0.2) is 0 Å². The van der Waals surface area contributed by atoms with Gasteiger partial charge in [0.2, 0.25) is 5.91 Å². The summed E-state index contributed by atoms with van der Waals surface area (Å²) in [6.45, 7) is 0.828. The van der Waals surface area contributed by atoms with Crippen LogP contribution in [-0.2, 0) is 9.59 Å². The van der Waals surface area contributed by atoms with E-state index in [0.717, 1.165) is 4.90 Å². The van der Waals surface area contributed by atoms with Crippen molar-refractivity contribution in [2.45, 2.75) is 12.1 Å². The van der Waals surface area contributed by atoms with Crippen LogP contribution in [0.5, 0.6) is 0 Å². The minimum absolute atomic E-state index is 0.152. The fraction of sp³-hybridized carbons (Fsp3) is 0.727. The molecule has 0 aromatic heterocycles. The standard InChI is InChI=1S/C11H17N3O6/c15-4-5-1-14(3-7(5)16)2-6-8(10(18)19)12-11(20)13-9(6)17/h5-8,15-16H,1-4H2,(H,18,19)(H2,12,13,17,20)/p+1/t5-,6?,7?,8?/m1/s1. The van der Waals surface area contributed by atoms with Crippen LogP contribution in [0.4, 0.5) is 4.79 Å². The first-order valence-corrected chi connectivity index (χ1v) is 6.39. The number of likely N-dealkylation sites (tertiary alicyclic amines) is 1.